The van der Waals surface area contributed by atoms with Crippen molar-refractivity contribution < 1.29 is 14.6 Å². The first-order chi connectivity index (χ1) is 14.0. The molecule has 0 unspecified atom stereocenters. The third-order valence-electron chi connectivity index (χ3n) is 4.27. The minimum absolute atomic E-state index is 0.140. The monoisotopic (exact) mass is 397 g/mol. The Hall–Kier alpha value is -3.69. The lowest BCUT2D eigenvalue weighted by Gasteiger charge is -2.11. The second kappa shape index (κ2) is 9.00. The summed E-state index contributed by atoms with van der Waals surface area (Å²) < 4.78 is 7.48. The normalized spacial score (nSPS) is 10.8. The molecule has 5 N–H and O–H groups in total. The molecule has 29 heavy (non-hydrogen) atoms. The first-order valence-electron chi connectivity index (χ1n) is 9.22. The van der Waals surface area contributed by atoms with Crippen molar-refractivity contribution in [2.45, 2.75) is 32.7 Å². The van der Waals surface area contributed by atoms with Gasteiger partial charge in [0.15, 0.2) is 11.6 Å². The second-order valence-corrected chi connectivity index (χ2v) is 6.46. The van der Waals surface area contributed by atoms with Gasteiger partial charge in [-0.05, 0) is 37.0 Å². The van der Waals surface area contributed by atoms with Crippen molar-refractivity contribution >= 4 is 17.7 Å². The van der Waals surface area contributed by atoms with E-state index in [0.717, 1.165) is 17.7 Å². The molecule has 0 spiro atoms. The van der Waals surface area contributed by atoms with Gasteiger partial charge >= 0.3 is 5.97 Å². The second-order valence-electron chi connectivity index (χ2n) is 6.46. The zero-order chi connectivity index (χ0) is 20.8. The number of hydrogen-bond acceptors (Lipinski definition) is 8. The zero-order valence-electron chi connectivity index (χ0n) is 16.1. The summed E-state index contributed by atoms with van der Waals surface area (Å²) in [6, 6.07) is 6.68. The Morgan fingerprint density at radius 2 is 1.97 bits per heavy atom. The number of nitrogens with zero attached hydrogens (tertiary/aromatic N) is 5. The highest BCUT2D eigenvalue weighted by Crippen LogP contribution is 2.24. The number of carbonyl (C=O) groups is 1. The first-order valence-corrected chi connectivity index (χ1v) is 9.22. The van der Waals surface area contributed by atoms with E-state index in [0.29, 0.717) is 37.4 Å². The minimum atomic E-state index is -0.944. The highest BCUT2D eigenvalue weighted by Gasteiger charge is 2.11. The predicted octanol–water partition coefficient (Wildman–Crippen LogP) is 1.55. The van der Waals surface area contributed by atoms with E-state index < -0.39 is 5.97 Å². The molecule has 0 aliphatic heterocycles. The topological polar surface area (TPSA) is 155 Å². The van der Waals surface area contributed by atoms with Crippen LogP contribution in [0.5, 0.6) is 5.75 Å². The van der Waals surface area contributed by atoms with Crippen molar-refractivity contribution in [2.24, 2.45) is 0 Å². The fourth-order valence-corrected chi connectivity index (χ4v) is 2.83. The van der Waals surface area contributed by atoms with Crippen molar-refractivity contribution in [3.05, 3.63) is 53.0 Å². The fraction of sp³-hybridized carbons (Fsp3) is 0.316. The summed E-state index contributed by atoms with van der Waals surface area (Å²) in [5, 5.41) is 17.2. The maximum Gasteiger partial charge on any atom is 0.335 e. The zero-order valence-corrected chi connectivity index (χ0v) is 16.1. The van der Waals surface area contributed by atoms with Gasteiger partial charge in [0.1, 0.15) is 0 Å². The van der Waals surface area contributed by atoms with Gasteiger partial charge in [0.25, 0.3) is 0 Å². The molecule has 1 aromatic carbocycles. The first kappa shape index (κ1) is 20.1. The van der Waals surface area contributed by atoms with Crippen molar-refractivity contribution in [1.29, 1.82) is 0 Å². The van der Waals surface area contributed by atoms with Gasteiger partial charge in [0, 0.05) is 6.20 Å². The Bertz CT molecular complexity index is 986. The smallest absolute Gasteiger partial charge is 0.335 e. The molecule has 3 rings (SSSR count). The summed E-state index contributed by atoms with van der Waals surface area (Å²) in [5.41, 5.74) is 14.2. The van der Waals surface area contributed by atoms with Crippen LogP contribution in [0.4, 0.5) is 11.8 Å². The van der Waals surface area contributed by atoms with E-state index in [1.54, 1.807) is 28.9 Å². The Balaban J connectivity index is 1.50. The van der Waals surface area contributed by atoms with E-state index in [1.165, 1.54) is 0 Å². The van der Waals surface area contributed by atoms with E-state index in [-0.39, 0.29) is 17.3 Å². The van der Waals surface area contributed by atoms with Crippen LogP contribution in [0.2, 0.25) is 0 Å². The van der Waals surface area contributed by atoms with Gasteiger partial charge in [-0.3, -0.25) is 0 Å². The predicted molar refractivity (Wildman–Crippen MR) is 107 cm³/mol. The molecule has 0 aliphatic rings. The van der Waals surface area contributed by atoms with Crippen LogP contribution in [0.3, 0.4) is 0 Å². The van der Waals surface area contributed by atoms with Crippen LogP contribution < -0.4 is 16.2 Å². The lowest BCUT2D eigenvalue weighted by Crippen LogP contribution is -2.09. The number of rotatable bonds is 9. The maximum absolute atomic E-state index is 10.9. The average molecular weight is 397 g/mol. The SMILES string of the molecule is CCc1nc(N)nc(N)c1OCCCc1cn(Cc2ccc(C(=O)O)cc2)nn1. The molecule has 0 atom stereocenters. The number of hydrogen-bond donors (Lipinski definition) is 3. The number of carboxylic acid groups (broad SMARTS) is 1. The van der Waals surface area contributed by atoms with Crippen LogP contribution in [0.1, 0.15) is 40.7 Å². The molecule has 0 radical (unpaired) electrons. The van der Waals surface area contributed by atoms with Crippen LogP contribution >= 0.6 is 0 Å². The Morgan fingerprint density at radius 3 is 2.66 bits per heavy atom. The number of aromatic carboxylic acids is 1. The van der Waals surface area contributed by atoms with Crippen molar-refractivity contribution in [3.63, 3.8) is 0 Å². The Kier molecular flexibility index (Phi) is 6.22. The summed E-state index contributed by atoms with van der Waals surface area (Å²) >= 11 is 0. The van der Waals surface area contributed by atoms with Crippen LogP contribution in [-0.4, -0.2) is 42.6 Å². The van der Waals surface area contributed by atoms with E-state index >= 15 is 0 Å². The van der Waals surface area contributed by atoms with Crippen molar-refractivity contribution in [1.82, 2.24) is 25.0 Å². The number of anilines is 2. The van der Waals surface area contributed by atoms with Crippen LogP contribution in [0.15, 0.2) is 30.5 Å². The molecular weight excluding hydrogens is 374 g/mol. The highest BCUT2D eigenvalue weighted by atomic mass is 16.5. The van der Waals surface area contributed by atoms with E-state index in [4.69, 9.17) is 21.3 Å². The molecule has 152 valence electrons. The maximum atomic E-state index is 10.9. The summed E-state index contributed by atoms with van der Waals surface area (Å²) in [6.07, 6.45) is 3.92. The van der Waals surface area contributed by atoms with Gasteiger partial charge in [-0.15, -0.1) is 5.10 Å². The highest BCUT2D eigenvalue weighted by molar-refractivity contribution is 5.87. The molecule has 0 bridgehead atoms. The molecule has 10 heteroatoms. The number of carboxylic acids is 1. The van der Waals surface area contributed by atoms with E-state index in [1.807, 2.05) is 13.1 Å². The Labute approximate surface area is 167 Å². The third-order valence-corrected chi connectivity index (χ3v) is 4.27. The van der Waals surface area contributed by atoms with Gasteiger partial charge in [-0.1, -0.05) is 24.3 Å². The van der Waals surface area contributed by atoms with Gasteiger partial charge < -0.3 is 21.3 Å². The fourth-order valence-electron chi connectivity index (χ4n) is 2.83. The minimum Gasteiger partial charge on any atom is -0.488 e. The molecule has 0 aliphatic carbocycles. The summed E-state index contributed by atoms with van der Waals surface area (Å²) in [4.78, 5) is 19.0. The van der Waals surface area contributed by atoms with Gasteiger partial charge in [0.05, 0.1) is 30.1 Å². The number of ether oxygens (including phenoxy) is 1. The van der Waals surface area contributed by atoms with Crippen LogP contribution in [0.25, 0.3) is 0 Å². The molecule has 0 saturated heterocycles. The summed E-state index contributed by atoms with van der Waals surface area (Å²) in [6.45, 7) is 2.90. The Morgan fingerprint density at radius 1 is 1.21 bits per heavy atom. The van der Waals surface area contributed by atoms with E-state index in [2.05, 4.69) is 20.3 Å². The average Bonchev–Trinajstić information content (AvgIpc) is 3.13. The quantitative estimate of drug-likeness (QED) is 0.456. The number of nitrogens with two attached hydrogens (primary N) is 2. The molecular formula is C19H23N7O3. The number of aryl methyl sites for hydroxylation is 2. The standard InChI is InChI=1S/C19H23N7O3/c1-2-15-16(17(20)23-19(21)22-15)29-9-3-4-14-11-26(25-24-14)10-12-5-7-13(8-6-12)18(27)28/h5-8,11H,2-4,9-10H2,1H3,(H,27,28)(H4,20,21,22,23). The molecule has 0 amide bonds. The largest absolute Gasteiger partial charge is 0.488 e. The molecule has 10 nitrogen and oxygen atoms in total. The molecule has 2 heterocycles. The number of benzene rings is 1. The van der Waals surface area contributed by atoms with Crippen LogP contribution in [0, 0.1) is 0 Å². The summed E-state index contributed by atoms with van der Waals surface area (Å²) in [7, 11) is 0. The van der Waals surface area contributed by atoms with Gasteiger partial charge in [-0.2, -0.15) is 4.98 Å². The third kappa shape index (κ3) is 5.18. The number of nitrogen functional groups attached to an aromatic ring is 2. The van der Waals surface area contributed by atoms with Gasteiger partial charge in [-0.25, -0.2) is 14.5 Å². The van der Waals surface area contributed by atoms with Crippen molar-refractivity contribution in [2.75, 3.05) is 18.1 Å². The molecule has 0 saturated carbocycles. The lowest BCUT2D eigenvalue weighted by atomic mass is 10.1. The van der Waals surface area contributed by atoms with Crippen molar-refractivity contribution in [3.8, 4) is 5.75 Å². The number of aromatic nitrogens is 5. The van der Waals surface area contributed by atoms with Gasteiger partial charge in [0.2, 0.25) is 5.95 Å². The summed E-state index contributed by atoms with van der Waals surface area (Å²) in [5.74, 6) is -0.0783. The molecule has 2 aromatic heterocycles. The molecule has 0 fully saturated rings. The van der Waals surface area contributed by atoms with Crippen LogP contribution in [-0.2, 0) is 19.4 Å². The molecule has 3 aromatic rings. The lowest BCUT2D eigenvalue weighted by molar-refractivity contribution is 0.0697. The van der Waals surface area contributed by atoms with E-state index in [9.17, 15) is 4.79 Å².